The zero-order chi connectivity index (χ0) is 19.2. The quantitative estimate of drug-likeness (QED) is 0.788. The number of aromatic nitrogens is 2. The highest BCUT2D eigenvalue weighted by atomic mass is 16.5. The van der Waals surface area contributed by atoms with Crippen LogP contribution in [0.1, 0.15) is 67.9 Å². The first-order valence-electron chi connectivity index (χ1n) is 10.8. The summed E-state index contributed by atoms with van der Waals surface area (Å²) in [5.41, 5.74) is 3.45. The molecule has 2 heterocycles. The Hall–Kier alpha value is -2.14. The number of nitrogens with one attached hydrogen (secondary N) is 1. The van der Waals surface area contributed by atoms with Crippen LogP contribution in [-0.2, 0) is 22.5 Å². The minimum Gasteiger partial charge on any atom is -0.370 e. The van der Waals surface area contributed by atoms with Gasteiger partial charge in [0, 0.05) is 19.2 Å². The number of fused-ring (bicyclic) bond motifs is 1. The number of amides is 1. The zero-order valence-corrected chi connectivity index (χ0v) is 16.6. The lowest BCUT2D eigenvalue weighted by Gasteiger charge is -2.23. The van der Waals surface area contributed by atoms with Crippen LogP contribution in [0.15, 0.2) is 36.5 Å². The van der Waals surface area contributed by atoms with Crippen molar-refractivity contribution in [3.8, 4) is 0 Å². The van der Waals surface area contributed by atoms with Gasteiger partial charge < -0.3 is 10.1 Å². The molecule has 2 aliphatic rings. The molecule has 4 rings (SSSR count). The third kappa shape index (κ3) is 5.02. The molecule has 1 aromatic carbocycles. The Morgan fingerprint density at radius 2 is 2.00 bits per heavy atom. The third-order valence-electron chi connectivity index (χ3n) is 6.04. The van der Waals surface area contributed by atoms with E-state index in [1.807, 2.05) is 22.9 Å². The molecule has 0 radical (unpaired) electrons. The molecular formula is C23H31N3O2. The molecule has 1 aliphatic heterocycles. The van der Waals surface area contributed by atoms with Crippen molar-refractivity contribution in [1.82, 2.24) is 15.1 Å². The van der Waals surface area contributed by atoms with Crippen molar-refractivity contribution in [2.45, 2.75) is 64.0 Å². The molecule has 1 fully saturated rings. The average molecular weight is 382 g/mol. The fourth-order valence-electron chi connectivity index (χ4n) is 4.44. The van der Waals surface area contributed by atoms with E-state index in [0.717, 1.165) is 31.0 Å². The Morgan fingerprint density at radius 3 is 2.82 bits per heavy atom. The number of carbonyl (C=O) groups is 1. The SMILES string of the molecule is O=C(CCC1CCCCC1)NCC1OCCc2cn(Cc3ccccc3)nc21. The van der Waals surface area contributed by atoms with Crippen LogP contribution in [0.2, 0.25) is 0 Å². The first kappa shape index (κ1) is 19.2. The highest BCUT2D eigenvalue weighted by molar-refractivity contribution is 5.75. The van der Waals surface area contributed by atoms with E-state index in [9.17, 15) is 4.79 Å². The van der Waals surface area contributed by atoms with Crippen molar-refractivity contribution in [3.63, 3.8) is 0 Å². The van der Waals surface area contributed by atoms with Crippen molar-refractivity contribution in [2.24, 2.45) is 5.92 Å². The van der Waals surface area contributed by atoms with Crippen LogP contribution in [-0.4, -0.2) is 28.8 Å². The zero-order valence-electron chi connectivity index (χ0n) is 16.6. The summed E-state index contributed by atoms with van der Waals surface area (Å²) in [5.74, 6) is 0.885. The van der Waals surface area contributed by atoms with Gasteiger partial charge in [0.15, 0.2) is 0 Å². The normalized spacial score (nSPS) is 19.9. The summed E-state index contributed by atoms with van der Waals surface area (Å²) in [5, 5.41) is 7.84. The minimum absolute atomic E-state index is 0.139. The largest absolute Gasteiger partial charge is 0.370 e. The van der Waals surface area contributed by atoms with Crippen molar-refractivity contribution >= 4 is 5.91 Å². The molecule has 5 heteroatoms. The third-order valence-corrected chi connectivity index (χ3v) is 6.04. The van der Waals surface area contributed by atoms with E-state index in [0.29, 0.717) is 19.6 Å². The molecule has 5 nitrogen and oxygen atoms in total. The minimum atomic E-state index is -0.139. The molecule has 28 heavy (non-hydrogen) atoms. The fraction of sp³-hybridized carbons (Fsp3) is 0.565. The second-order valence-electron chi connectivity index (χ2n) is 8.18. The molecule has 0 bridgehead atoms. The van der Waals surface area contributed by atoms with Crippen molar-refractivity contribution in [2.75, 3.05) is 13.2 Å². The monoisotopic (exact) mass is 381 g/mol. The van der Waals surface area contributed by atoms with E-state index in [1.165, 1.54) is 43.2 Å². The van der Waals surface area contributed by atoms with Gasteiger partial charge in [-0.3, -0.25) is 9.48 Å². The molecule has 150 valence electrons. The van der Waals surface area contributed by atoms with Crippen LogP contribution in [0.3, 0.4) is 0 Å². The number of nitrogens with zero attached hydrogens (tertiary/aromatic N) is 2. The van der Waals surface area contributed by atoms with E-state index in [-0.39, 0.29) is 12.0 Å². The van der Waals surface area contributed by atoms with Crippen LogP contribution < -0.4 is 5.32 Å². The predicted octanol–water partition coefficient (Wildman–Crippen LogP) is 4.02. The maximum atomic E-state index is 12.3. The smallest absolute Gasteiger partial charge is 0.220 e. The summed E-state index contributed by atoms with van der Waals surface area (Å²) >= 11 is 0. The van der Waals surface area contributed by atoms with Gasteiger partial charge in [0.05, 0.1) is 18.8 Å². The number of rotatable bonds is 7. The van der Waals surface area contributed by atoms with Gasteiger partial charge >= 0.3 is 0 Å². The molecule has 1 unspecified atom stereocenters. The van der Waals surface area contributed by atoms with E-state index in [1.54, 1.807) is 0 Å². The van der Waals surface area contributed by atoms with Crippen molar-refractivity contribution in [1.29, 1.82) is 0 Å². The van der Waals surface area contributed by atoms with Gasteiger partial charge in [-0.2, -0.15) is 5.10 Å². The summed E-state index contributed by atoms with van der Waals surface area (Å²) in [7, 11) is 0. The lowest BCUT2D eigenvalue weighted by Crippen LogP contribution is -2.32. The van der Waals surface area contributed by atoms with E-state index < -0.39 is 0 Å². The lowest BCUT2D eigenvalue weighted by molar-refractivity contribution is -0.122. The number of ether oxygens (including phenoxy) is 1. The van der Waals surface area contributed by atoms with Crippen LogP contribution in [0.25, 0.3) is 0 Å². The summed E-state index contributed by atoms with van der Waals surface area (Å²) < 4.78 is 7.91. The molecule has 1 aliphatic carbocycles. The van der Waals surface area contributed by atoms with Gasteiger partial charge in [-0.15, -0.1) is 0 Å². The summed E-state index contributed by atoms with van der Waals surface area (Å²) in [6.45, 7) is 1.96. The number of carbonyl (C=O) groups excluding carboxylic acids is 1. The number of benzene rings is 1. The topological polar surface area (TPSA) is 56.1 Å². The molecule has 0 spiro atoms. The highest BCUT2D eigenvalue weighted by Gasteiger charge is 2.25. The molecule has 1 atom stereocenters. The van der Waals surface area contributed by atoms with Crippen LogP contribution in [0.4, 0.5) is 0 Å². The maximum absolute atomic E-state index is 12.3. The Kier molecular flexibility index (Phi) is 6.42. The standard InChI is InChI=1S/C23H31N3O2/c27-22(12-11-18-7-3-1-4-8-18)24-15-21-23-20(13-14-28-21)17-26(25-23)16-19-9-5-2-6-10-19/h2,5-6,9-10,17-18,21H,1,3-4,7-8,11-16H2,(H,24,27). The van der Waals surface area contributed by atoms with Gasteiger partial charge in [0.25, 0.3) is 0 Å². The van der Waals surface area contributed by atoms with Gasteiger partial charge in [-0.05, 0) is 29.9 Å². The molecule has 0 saturated heterocycles. The number of hydrogen-bond donors (Lipinski definition) is 1. The Balaban J connectivity index is 1.29. The Labute approximate surface area is 167 Å². The first-order valence-corrected chi connectivity index (χ1v) is 10.8. The fourth-order valence-corrected chi connectivity index (χ4v) is 4.44. The van der Waals surface area contributed by atoms with E-state index in [2.05, 4.69) is 23.6 Å². The van der Waals surface area contributed by atoms with Gasteiger partial charge in [0.2, 0.25) is 5.91 Å². The van der Waals surface area contributed by atoms with E-state index >= 15 is 0 Å². The molecule has 1 saturated carbocycles. The second kappa shape index (κ2) is 9.37. The Morgan fingerprint density at radius 1 is 1.18 bits per heavy atom. The number of hydrogen-bond acceptors (Lipinski definition) is 3. The highest BCUT2D eigenvalue weighted by Crippen LogP contribution is 2.28. The first-order chi connectivity index (χ1) is 13.8. The molecule has 1 N–H and O–H groups in total. The maximum Gasteiger partial charge on any atom is 0.220 e. The molecule has 2 aromatic rings. The van der Waals surface area contributed by atoms with Crippen molar-refractivity contribution in [3.05, 3.63) is 53.3 Å². The van der Waals surface area contributed by atoms with Crippen LogP contribution >= 0.6 is 0 Å². The van der Waals surface area contributed by atoms with Crippen molar-refractivity contribution < 1.29 is 9.53 Å². The summed E-state index contributed by atoms with van der Waals surface area (Å²) in [4.78, 5) is 12.3. The summed E-state index contributed by atoms with van der Waals surface area (Å²) in [6.07, 6.45) is 11.1. The van der Waals surface area contributed by atoms with Crippen LogP contribution in [0, 0.1) is 5.92 Å². The van der Waals surface area contributed by atoms with Gasteiger partial charge in [0.1, 0.15) is 6.10 Å². The predicted molar refractivity (Wildman–Crippen MR) is 109 cm³/mol. The lowest BCUT2D eigenvalue weighted by atomic mass is 9.86. The van der Waals surface area contributed by atoms with Crippen LogP contribution in [0.5, 0.6) is 0 Å². The molecule has 1 amide bonds. The molecule has 1 aromatic heterocycles. The van der Waals surface area contributed by atoms with Gasteiger partial charge in [-0.25, -0.2) is 0 Å². The molecular weight excluding hydrogens is 350 g/mol. The Bertz CT molecular complexity index is 765. The average Bonchev–Trinajstić information content (AvgIpc) is 3.15. The van der Waals surface area contributed by atoms with Gasteiger partial charge in [-0.1, -0.05) is 62.4 Å². The second-order valence-corrected chi connectivity index (χ2v) is 8.18. The summed E-state index contributed by atoms with van der Waals surface area (Å²) in [6, 6.07) is 10.3. The van der Waals surface area contributed by atoms with E-state index in [4.69, 9.17) is 9.84 Å².